The second-order valence-electron chi connectivity index (χ2n) is 9.83. The normalized spacial score (nSPS) is 13.0. The predicted octanol–water partition coefficient (Wildman–Crippen LogP) is 4.74. The first-order valence-corrected chi connectivity index (χ1v) is 13.1. The molecule has 40 heavy (non-hydrogen) atoms. The Kier molecular flexibility index (Phi) is 6.73. The molecule has 3 N–H and O–H groups in total. The number of aliphatic hydroxyl groups is 1. The van der Waals surface area contributed by atoms with Gasteiger partial charge in [0.1, 0.15) is 5.82 Å². The number of nitrogens with zero attached hydrogens (tertiary/aromatic N) is 2. The number of aromatic amines is 1. The Hall–Kier alpha value is -4.63. The highest BCUT2D eigenvalue weighted by atomic mass is 19.1. The van der Waals surface area contributed by atoms with Crippen LogP contribution in [-0.4, -0.2) is 52.4 Å². The van der Waals surface area contributed by atoms with E-state index in [4.69, 9.17) is 14.5 Å². The molecule has 1 amide bonds. The van der Waals surface area contributed by atoms with Crippen LogP contribution in [0.2, 0.25) is 0 Å². The van der Waals surface area contributed by atoms with Crippen LogP contribution in [0.25, 0.3) is 33.5 Å². The number of aliphatic hydroxyl groups excluding tert-OH is 1. The van der Waals surface area contributed by atoms with E-state index in [1.165, 1.54) is 19.2 Å². The van der Waals surface area contributed by atoms with E-state index in [1.54, 1.807) is 25.3 Å². The van der Waals surface area contributed by atoms with E-state index < -0.39 is 11.9 Å². The van der Waals surface area contributed by atoms with Crippen LogP contribution >= 0.6 is 0 Å². The van der Waals surface area contributed by atoms with Crippen molar-refractivity contribution in [3.05, 3.63) is 89.4 Å². The summed E-state index contributed by atoms with van der Waals surface area (Å²) in [5.74, 6) is 0.121. The monoisotopic (exact) mass is 540 g/mol. The van der Waals surface area contributed by atoms with E-state index in [2.05, 4.69) is 10.3 Å². The van der Waals surface area contributed by atoms with Crippen molar-refractivity contribution in [2.45, 2.75) is 25.4 Å². The zero-order valence-electron chi connectivity index (χ0n) is 22.2. The minimum atomic E-state index is -0.529. The van der Waals surface area contributed by atoms with Gasteiger partial charge in [0.15, 0.2) is 5.75 Å². The summed E-state index contributed by atoms with van der Waals surface area (Å²) in [5.41, 5.74) is 5.91. The molecule has 1 aliphatic rings. The number of amides is 1. The molecule has 204 valence electrons. The second-order valence-corrected chi connectivity index (χ2v) is 9.83. The van der Waals surface area contributed by atoms with Gasteiger partial charge in [-0.1, -0.05) is 30.3 Å². The number of fused-ring (bicyclic) bond motifs is 4. The maximum Gasteiger partial charge on any atom is 0.257 e. The van der Waals surface area contributed by atoms with E-state index in [9.17, 15) is 14.3 Å². The molecule has 0 saturated carbocycles. The number of halogens is 1. The van der Waals surface area contributed by atoms with E-state index in [-0.39, 0.29) is 12.5 Å². The first-order valence-electron chi connectivity index (χ1n) is 13.1. The van der Waals surface area contributed by atoms with Crippen LogP contribution < -0.4 is 14.8 Å². The van der Waals surface area contributed by atoms with Gasteiger partial charge in [0.05, 0.1) is 49.5 Å². The lowest BCUT2D eigenvalue weighted by Crippen LogP contribution is -2.39. The van der Waals surface area contributed by atoms with Gasteiger partial charge in [-0.2, -0.15) is 0 Å². The fraction of sp³-hybridized carbons (Fsp3) is 0.226. The number of para-hydroxylation sites is 1. The molecular formula is C31H29FN4O4. The summed E-state index contributed by atoms with van der Waals surface area (Å²) in [7, 11) is 3.09. The standard InChI is InChI=1S/C31H29FN4O4/c1-39-27-14-18-10-11-36-26(28(18)35-31(27)40-2)15-24(29(36)19-6-5-7-21(32)12-19)30(38)34-22(17-37)13-20-16-33-25-9-4-3-8-23(20)25/h3-9,12,14-16,22,33,37H,10-11,13,17H2,1-2H3,(H,34,38). The fourth-order valence-electron chi connectivity index (χ4n) is 5.54. The number of ether oxygens (including phenoxy) is 2. The molecular weight excluding hydrogens is 511 g/mol. The van der Waals surface area contributed by atoms with Crippen LogP contribution in [0.15, 0.2) is 66.9 Å². The maximum absolute atomic E-state index is 14.4. The summed E-state index contributed by atoms with van der Waals surface area (Å²) in [6.45, 7) is 0.326. The zero-order valence-corrected chi connectivity index (χ0v) is 22.2. The maximum atomic E-state index is 14.4. The number of nitrogens with one attached hydrogen (secondary N) is 2. The molecule has 0 radical (unpaired) electrons. The van der Waals surface area contributed by atoms with E-state index >= 15 is 0 Å². The van der Waals surface area contributed by atoms with E-state index in [0.717, 1.165) is 27.7 Å². The van der Waals surface area contributed by atoms with Gasteiger partial charge in [0, 0.05) is 29.2 Å². The smallest absolute Gasteiger partial charge is 0.257 e. The van der Waals surface area contributed by atoms with Crippen molar-refractivity contribution in [1.29, 1.82) is 0 Å². The lowest BCUT2D eigenvalue weighted by Gasteiger charge is -2.22. The molecule has 6 rings (SSSR count). The van der Waals surface area contributed by atoms with Crippen molar-refractivity contribution in [2.24, 2.45) is 0 Å². The van der Waals surface area contributed by atoms with Gasteiger partial charge in [0.2, 0.25) is 0 Å². The molecule has 2 aromatic carbocycles. The van der Waals surface area contributed by atoms with Crippen LogP contribution in [0.4, 0.5) is 4.39 Å². The molecule has 0 bridgehead atoms. The lowest BCUT2D eigenvalue weighted by molar-refractivity contribution is 0.0917. The van der Waals surface area contributed by atoms with Crippen LogP contribution in [0, 0.1) is 5.82 Å². The first-order chi connectivity index (χ1) is 19.5. The minimum absolute atomic E-state index is 0.241. The summed E-state index contributed by atoms with van der Waals surface area (Å²) in [6, 6.07) is 17.3. The van der Waals surface area contributed by atoms with Crippen LogP contribution in [-0.2, 0) is 19.4 Å². The van der Waals surface area contributed by atoms with Gasteiger partial charge in [0.25, 0.3) is 11.8 Å². The molecule has 9 heteroatoms. The van der Waals surface area contributed by atoms with Crippen molar-refractivity contribution >= 4 is 16.8 Å². The summed E-state index contributed by atoms with van der Waals surface area (Å²) in [4.78, 5) is 21.8. The number of carbonyl (C=O) groups excluding carboxylic acids is 1. The third-order valence-corrected chi connectivity index (χ3v) is 7.43. The Morgan fingerprint density at radius 1 is 1.15 bits per heavy atom. The Bertz CT molecular complexity index is 1720. The van der Waals surface area contributed by atoms with Crippen LogP contribution in [0.5, 0.6) is 11.6 Å². The Balaban J connectivity index is 1.41. The third-order valence-electron chi connectivity index (χ3n) is 7.43. The number of aromatic nitrogens is 3. The lowest BCUT2D eigenvalue weighted by atomic mass is 10.0. The molecule has 0 saturated heterocycles. The molecule has 1 unspecified atom stereocenters. The number of H-pyrrole nitrogens is 1. The molecule has 1 atom stereocenters. The van der Waals surface area contributed by atoms with Gasteiger partial charge in [-0.25, -0.2) is 9.37 Å². The van der Waals surface area contributed by atoms with Crippen molar-refractivity contribution in [1.82, 2.24) is 19.9 Å². The zero-order chi connectivity index (χ0) is 27.8. The van der Waals surface area contributed by atoms with Crippen LogP contribution in [0.1, 0.15) is 21.5 Å². The Labute approximate surface area is 230 Å². The SMILES string of the molecule is COc1cc2c(nc1OC)-c1cc(C(=O)NC(CO)Cc3c[nH]c4ccccc34)c(-c3cccc(F)c3)n1CC2. The quantitative estimate of drug-likeness (QED) is 0.264. The molecule has 8 nitrogen and oxygen atoms in total. The van der Waals surface area contributed by atoms with Gasteiger partial charge in [-0.15, -0.1) is 0 Å². The predicted molar refractivity (Wildman–Crippen MR) is 150 cm³/mol. The summed E-state index contributed by atoms with van der Waals surface area (Å²) < 4.78 is 27.2. The average molecular weight is 541 g/mol. The number of methoxy groups -OCH3 is 2. The number of aryl methyl sites for hydroxylation is 1. The summed E-state index contributed by atoms with van der Waals surface area (Å²) in [5, 5.41) is 14.3. The van der Waals surface area contributed by atoms with Gasteiger partial charge in [-0.3, -0.25) is 4.79 Å². The highest BCUT2D eigenvalue weighted by molar-refractivity contribution is 6.02. The number of hydrogen-bond acceptors (Lipinski definition) is 5. The summed E-state index contributed by atoms with van der Waals surface area (Å²) >= 11 is 0. The largest absolute Gasteiger partial charge is 0.491 e. The highest BCUT2D eigenvalue weighted by Crippen LogP contribution is 2.40. The fourth-order valence-corrected chi connectivity index (χ4v) is 5.54. The minimum Gasteiger partial charge on any atom is -0.491 e. The molecule has 0 fully saturated rings. The second kappa shape index (κ2) is 10.5. The van der Waals surface area contributed by atoms with Crippen molar-refractivity contribution in [3.8, 4) is 34.3 Å². The van der Waals surface area contributed by atoms with E-state index in [0.29, 0.717) is 53.5 Å². The molecule has 5 aromatic rings. The molecule has 0 aliphatic carbocycles. The first kappa shape index (κ1) is 25.6. The molecule has 1 aliphatic heterocycles. The number of rotatable bonds is 8. The number of pyridine rings is 1. The number of benzene rings is 2. The molecule has 4 heterocycles. The van der Waals surface area contributed by atoms with Crippen molar-refractivity contribution in [3.63, 3.8) is 0 Å². The van der Waals surface area contributed by atoms with Crippen molar-refractivity contribution in [2.75, 3.05) is 20.8 Å². The summed E-state index contributed by atoms with van der Waals surface area (Å²) in [6.07, 6.45) is 2.99. The van der Waals surface area contributed by atoms with Gasteiger partial charge >= 0.3 is 0 Å². The van der Waals surface area contributed by atoms with Gasteiger partial charge in [-0.05, 0) is 54.3 Å². The van der Waals surface area contributed by atoms with Crippen LogP contribution in [0.3, 0.4) is 0 Å². The number of hydrogen-bond donors (Lipinski definition) is 3. The van der Waals surface area contributed by atoms with Gasteiger partial charge < -0.3 is 29.4 Å². The van der Waals surface area contributed by atoms with Crippen molar-refractivity contribution < 1.29 is 23.8 Å². The Morgan fingerprint density at radius 3 is 2.77 bits per heavy atom. The molecule has 3 aromatic heterocycles. The highest BCUT2D eigenvalue weighted by Gasteiger charge is 2.29. The average Bonchev–Trinajstić information content (AvgIpc) is 3.58. The van der Waals surface area contributed by atoms with E-state index in [1.807, 2.05) is 41.1 Å². The Morgan fingerprint density at radius 2 is 2.00 bits per heavy atom. The third kappa shape index (κ3) is 4.48. The topological polar surface area (TPSA) is 101 Å². The number of carbonyl (C=O) groups is 1. The molecule has 0 spiro atoms.